The third-order valence-electron chi connectivity index (χ3n) is 4.62. The van der Waals surface area contributed by atoms with Crippen LogP contribution in [0.2, 0.25) is 0 Å². The molecule has 5 heteroatoms. The van der Waals surface area contributed by atoms with E-state index in [1.54, 1.807) is 19.1 Å². The lowest BCUT2D eigenvalue weighted by atomic mass is 10.0. The minimum absolute atomic E-state index is 0.0648. The molecule has 1 aliphatic rings. The zero-order valence-corrected chi connectivity index (χ0v) is 13.8. The number of halogens is 1. The first-order valence-corrected chi connectivity index (χ1v) is 8.50. The van der Waals surface area contributed by atoms with Gasteiger partial charge >= 0.3 is 0 Å². The van der Waals surface area contributed by atoms with Crippen LogP contribution in [0.5, 0.6) is 0 Å². The van der Waals surface area contributed by atoms with Crippen molar-refractivity contribution in [2.24, 2.45) is 0 Å². The molecule has 128 valence electrons. The number of aliphatic hydroxyl groups excluding tert-OH is 1. The van der Waals surface area contributed by atoms with Gasteiger partial charge in [-0.1, -0.05) is 12.1 Å². The maximum absolute atomic E-state index is 13.2. The van der Waals surface area contributed by atoms with Gasteiger partial charge in [0.25, 0.3) is 0 Å². The largest absolute Gasteiger partial charge is 0.395 e. The van der Waals surface area contributed by atoms with Crippen LogP contribution < -0.4 is 5.32 Å². The molecule has 1 heterocycles. The highest BCUT2D eigenvalue weighted by atomic mass is 19.1. The third-order valence-corrected chi connectivity index (χ3v) is 4.62. The van der Waals surface area contributed by atoms with E-state index in [4.69, 9.17) is 0 Å². The lowest BCUT2D eigenvalue weighted by molar-refractivity contribution is -0.122. The molecule has 0 aromatic heterocycles. The normalized spacial score (nSPS) is 19.7. The maximum Gasteiger partial charge on any atom is 0.227 e. The van der Waals surface area contributed by atoms with Crippen molar-refractivity contribution >= 4 is 5.91 Å². The quantitative estimate of drug-likeness (QED) is 0.722. The number of amides is 1. The molecule has 4 nitrogen and oxygen atoms in total. The Bertz CT molecular complexity index is 510. The van der Waals surface area contributed by atoms with Gasteiger partial charge in [0.15, 0.2) is 0 Å². The van der Waals surface area contributed by atoms with E-state index in [1.165, 1.54) is 12.1 Å². The number of benzene rings is 1. The first-order valence-electron chi connectivity index (χ1n) is 8.50. The van der Waals surface area contributed by atoms with Crippen LogP contribution in [0.1, 0.15) is 44.1 Å². The molecule has 0 spiro atoms. The molecule has 1 saturated heterocycles. The molecule has 1 aliphatic heterocycles. The van der Waals surface area contributed by atoms with Gasteiger partial charge in [0.05, 0.1) is 12.5 Å². The van der Waals surface area contributed by atoms with Crippen molar-refractivity contribution in [3.05, 3.63) is 35.6 Å². The van der Waals surface area contributed by atoms with Crippen LogP contribution in [0.15, 0.2) is 24.3 Å². The van der Waals surface area contributed by atoms with Crippen molar-refractivity contribution in [3.63, 3.8) is 0 Å². The minimum atomic E-state index is -0.344. The van der Waals surface area contributed by atoms with E-state index in [1.807, 2.05) is 0 Å². The fourth-order valence-corrected chi connectivity index (χ4v) is 3.13. The summed E-state index contributed by atoms with van der Waals surface area (Å²) >= 11 is 0. The van der Waals surface area contributed by atoms with Gasteiger partial charge in [-0.25, -0.2) is 4.39 Å². The maximum atomic E-state index is 13.2. The summed E-state index contributed by atoms with van der Waals surface area (Å²) in [6.07, 6.45) is 4.16. The van der Waals surface area contributed by atoms with E-state index in [0.29, 0.717) is 18.2 Å². The van der Waals surface area contributed by atoms with Gasteiger partial charge in [0.1, 0.15) is 5.82 Å². The Morgan fingerprint density at radius 2 is 2.30 bits per heavy atom. The van der Waals surface area contributed by atoms with Crippen LogP contribution in [0.3, 0.4) is 0 Å². The predicted octanol–water partition coefficient (Wildman–Crippen LogP) is 2.28. The third kappa shape index (κ3) is 5.29. The number of unbranched alkanes of at least 4 members (excludes halogenated alkanes) is 1. The fraction of sp³-hybridized carbons (Fsp3) is 0.611. The first-order chi connectivity index (χ1) is 11.1. The van der Waals surface area contributed by atoms with Crippen molar-refractivity contribution in [2.45, 2.75) is 44.6 Å². The lowest BCUT2D eigenvalue weighted by Crippen LogP contribution is -2.34. The summed E-state index contributed by atoms with van der Waals surface area (Å²) in [4.78, 5) is 14.4. The van der Waals surface area contributed by atoms with Crippen LogP contribution in [0, 0.1) is 5.82 Å². The molecule has 0 radical (unpaired) electrons. The Hall–Kier alpha value is -1.46. The zero-order chi connectivity index (χ0) is 16.7. The summed E-state index contributed by atoms with van der Waals surface area (Å²) in [5.41, 5.74) is 0.699. The second-order valence-electron chi connectivity index (χ2n) is 6.29. The van der Waals surface area contributed by atoms with E-state index in [0.717, 1.165) is 38.8 Å². The molecule has 1 aromatic carbocycles. The molecule has 1 fully saturated rings. The second kappa shape index (κ2) is 8.99. The lowest BCUT2D eigenvalue weighted by Gasteiger charge is -2.22. The second-order valence-corrected chi connectivity index (χ2v) is 6.29. The number of nitrogens with zero attached hydrogens (tertiary/aromatic N) is 1. The Morgan fingerprint density at radius 1 is 1.48 bits per heavy atom. The number of carbonyl (C=O) groups excluding carboxylic acids is 1. The van der Waals surface area contributed by atoms with Crippen molar-refractivity contribution in [1.82, 2.24) is 10.2 Å². The van der Waals surface area contributed by atoms with E-state index < -0.39 is 0 Å². The minimum Gasteiger partial charge on any atom is -0.395 e. The molecule has 1 aromatic rings. The van der Waals surface area contributed by atoms with Crippen LogP contribution in [0.4, 0.5) is 4.39 Å². The zero-order valence-electron chi connectivity index (χ0n) is 13.8. The molecular weight excluding hydrogens is 295 g/mol. The highest BCUT2D eigenvalue weighted by Gasteiger charge is 2.22. The molecule has 23 heavy (non-hydrogen) atoms. The van der Waals surface area contributed by atoms with E-state index >= 15 is 0 Å². The summed E-state index contributed by atoms with van der Waals surface area (Å²) < 4.78 is 13.2. The number of carbonyl (C=O) groups is 1. The van der Waals surface area contributed by atoms with Crippen LogP contribution in [-0.2, 0) is 4.79 Å². The Labute approximate surface area is 137 Å². The molecule has 0 aliphatic carbocycles. The molecule has 2 atom stereocenters. The van der Waals surface area contributed by atoms with Gasteiger partial charge in [-0.3, -0.25) is 9.69 Å². The van der Waals surface area contributed by atoms with Crippen molar-refractivity contribution in [1.29, 1.82) is 0 Å². The Kier molecular flexibility index (Phi) is 6.99. The summed E-state index contributed by atoms with van der Waals surface area (Å²) in [7, 11) is 0. The molecule has 1 amide bonds. The van der Waals surface area contributed by atoms with Gasteiger partial charge in [-0.15, -0.1) is 0 Å². The van der Waals surface area contributed by atoms with E-state index in [-0.39, 0.29) is 24.2 Å². The smallest absolute Gasteiger partial charge is 0.227 e. The van der Waals surface area contributed by atoms with Crippen LogP contribution in [0.25, 0.3) is 0 Å². The van der Waals surface area contributed by atoms with Crippen LogP contribution >= 0.6 is 0 Å². The fourth-order valence-electron chi connectivity index (χ4n) is 3.13. The monoisotopic (exact) mass is 322 g/mol. The number of aliphatic hydroxyl groups is 1. The summed E-state index contributed by atoms with van der Waals surface area (Å²) in [5, 5.41) is 12.2. The van der Waals surface area contributed by atoms with Gasteiger partial charge in [0, 0.05) is 12.6 Å². The highest BCUT2D eigenvalue weighted by Crippen LogP contribution is 2.17. The first kappa shape index (κ1) is 17.9. The van der Waals surface area contributed by atoms with Gasteiger partial charge in [0.2, 0.25) is 5.91 Å². The number of likely N-dealkylation sites (tertiary alicyclic amines) is 1. The molecule has 0 bridgehead atoms. The van der Waals surface area contributed by atoms with E-state index in [9.17, 15) is 14.3 Å². The number of rotatable bonds is 8. The highest BCUT2D eigenvalue weighted by molar-refractivity contribution is 5.83. The molecule has 2 rings (SSSR count). The van der Waals surface area contributed by atoms with Crippen molar-refractivity contribution in [2.75, 3.05) is 26.2 Å². The van der Waals surface area contributed by atoms with Gasteiger partial charge < -0.3 is 10.4 Å². The van der Waals surface area contributed by atoms with Crippen molar-refractivity contribution in [3.8, 4) is 0 Å². The van der Waals surface area contributed by atoms with E-state index in [2.05, 4.69) is 10.2 Å². The number of hydrogen-bond donors (Lipinski definition) is 2. The standard InChI is InChI=1S/C18H27FN2O2/c1-14(15-6-4-7-16(19)12-15)18(23)20-9-2-3-10-21-11-5-8-17(21)13-22/h4,6-7,12,14,17,22H,2-3,5,8-11,13H2,1H3,(H,20,23). The topological polar surface area (TPSA) is 52.6 Å². The van der Waals surface area contributed by atoms with Crippen LogP contribution in [-0.4, -0.2) is 48.2 Å². The predicted molar refractivity (Wildman–Crippen MR) is 88.7 cm³/mol. The summed E-state index contributed by atoms with van der Waals surface area (Å²) in [6.45, 7) is 4.70. The van der Waals surface area contributed by atoms with Gasteiger partial charge in [-0.2, -0.15) is 0 Å². The molecular formula is C18H27FN2O2. The average Bonchev–Trinajstić information content (AvgIpc) is 3.01. The summed E-state index contributed by atoms with van der Waals surface area (Å²) in [6, 6.07) is 6.51. The molecule has 2 unspecified atom stereocenters. The molecule has 0 saturated carbocycles. The Balaban J connectivity index is 1.65. The number of hydrogen-bond acceptors (Lipinski definition) is 3. The SMILES string of the molecule is CC(C(=O)NCCCCN1CCCC1CO)c1cccc(F)c1. The summed E-state index contributed by atoms with van der Waals surface area (Å²) in [5.74, 6) is -0.723. The molecule has 2 N–H and O–H groups in total. The van der Waals surface area contributed by atoms with Crippen molar-refractivity contribution < 1.29 is 14.3 Å². The average molecular weight is 322 g/mol. The Morgan fingerprint density at radius 3 is 3.04 bits per heavy atom. The number of nitrogens with one attached hydrogen (secondary N) is 1. The van der Waals surface area contributed by atoms with Gasteiger partial charge in [-0.05, 0) is 63.4 Å².